The lowest BCUT2D eigenvalue weighted by Crippen LogP contribution is -1.97. The molecule has 0 aliphatic carbocycles. The van der Waals surface area contributed by atoms with Crippen molar-refractivity contribution in [2.75, 3.05) is 0 Å². The Kier molecular flexibility index (Phi) is 3.30. The van der Waals surface area contributed by atoms with Crippen LogP contribution in [0.2, 0.25) is 0 Å². The SMILES string of the molecule is Cc1cc(C)c(-c2nc3c(CN)cccc3n2C)c(C)c1. The summed E-state index contributed by atoms with van der Waals surface area (Å²) in [5, 5.41) is 0. The Labute approximate surface area is 125 Å². The Hall–Kier alpha value is -2.13. The molecule has 3 aromatic rings. The van der Waals surface area contributed by atoms with E-state index in [9.17, 15) is 0 Å². The summed E-state index contributed by atoms with van der Waals surface area (Å²) in [7, 11) is 2.07. The molecule has 3 nitrogen and oxygen atoms in total. The Morgan fingerprint density at radius 2 is 1.76 bits per heavy atom. The van der Waals surface area contributed by atoms with E-state index >= 15 is 0 Å². The van der Waals surface area contributed by atoms with Crippen molar-refractivity contribution in [3.05, 3.63) is 52.6 Å². The second-order valence-electron chi connectivity index (χ2n) is 5.76. The minimum Gasteiger partial charge on any atom is -0.327 e. The summed E-state index contributed by atoms with van der Waals surface area (Å²) in [6.07, 6.45) is 0. The average Bonchev–Trinajstić information content (AvgIpc) is 2.75. The summed E-state index contributed by atoms with van der Waals surface area (Å²) in [6, 6.07) is 10.6. The molecule has 0 aliphatic rings. The molecule has 0 spiro atoms. The maximum atomic E-state index is 5.84. The highest BCUT2D eigenvalue weighted by atomic mass is 15.1. The first-order valence-electron chi connectivity index (χ1n) is 7.25. The number of aromatic nitrogens is 2. The van der Waals surface area contributed by atoms with Gasteiger partial charge in [-0.15, -0.1) is 0 Å². The van der Waals surface area contributed by atoms with Crippen LogP contribution in [0, 0.1) is 20.8 Å². The fourth-order valence-electron chi connectivity index (χ4n) is 3.19. The zero-order valence-corrected chi connectivity index (χ0v) is 13.1. The molecule has 108 valence electrons. The van der Waals surface area contributed by atoms with Gasteiger partial charge in [-0.25, -0.2) is 4.98 Å². The van der Waals surface area contributed by atoms with Gasteiger partial charge in [-0.1, -0.05) is 29.8 Å². The highest BCUT2D eigenvalue weighted by molar-refractivity contribution is 5.84. The molecule has 0 saturated heterocycles. The summed E-state index contributed by atoms with van der Waals surface area (Å²) in [5.41, 5.74) is 14.1. The van der Waals surface area contributed by atoms with Crippen LogP contribution in [0.3, 0.4) is 0 Å². The van der Waals surface area contributed by atoms with Crippen molar-refractivity contribution in [1.82, 2.24) is 9.55 Å². The Morgan fingerprint density at radius 1 is 1.10 bits per heavy atom. The van der Waals surface area contributed by atoms with E-state index < -0.39 is 0 Å². The molecule has 0 unspecified atom stereocenters. The summed E-state index contributed by atoms with van der Waals surface area (Å²) < 4.78 is 2.17. The van der Waals surface area contributed by atoms with Crippen molar-refractivity contribution in [3.8, 4) is 11.4 Å². The molecule has 21 heavy (non-hydrogen) atoms. The van der Waals surface area contributed by atoms with Gasteiger partial charge in [0.25, 0.3) is 0 Å². The molecule has 0 atom stereocenters. The first kappa shape index (κ1) is 13.8. The second kappa shape index (κ2) is 5.01. The predicted octanol–water partition coefficient (Wildman–Crippen LogP) is 3.62. The minimum absolute atomic E-state index is 0.514. The van der Waals surface area contributed by atoms with Crippen molar-refractivity contribution >= 4 is 11.0 Å². The predicted molar refractivity (Wildman–Crippen MR) is 88.3 cm³/mol. The molecule has 0 bridgehead atoms. The highest BCUT2D eigenvalue weighted by Gasteiger charge is 2.15. The van der Waals surface area contributed by atoms with Gasteiger partial charge in [0.1, 0.15) is 5.82 Å². The average molecular weight is 279 g/mol. The number of imidazole rings is 1. The summed E-state index contributed by atoms with van der Waals surface area (Å²) in [5.74, 6) is 1.01. The zero-order valence-electron chi connectivity index (χ0n) is 13.1. The van der Waals surface area contributed by atoms with Crippen LogP contribution in [-0.4, -0.2) is 9.55 Å². The van der Waals surface area contributed by atoms with Crippen LogP contribution in [0.25, 0.3) is 22.4 Å². The van der Waals surface area contributed by atoms with Crippen LogP contribution >= 0.6 is 0 Å². The number of hydrogen-bond donors (Lipinski definition) is 1. The molecule has 1 heterocycles. The minimum atomic E-state index is 0.514. The number of aryl methyl sites for hydroxylation is 4. The summed E-state index contributed by atoms with van der Waals surface area (Å²) in [6.45, 7) is 6.95. The van der Waals surface area contributed by atoms with Gasteiger partial charge in [-0.05, 0) is 43.5 Å². The number of fused-ring (bicyclic) bond motifs is 1. The molecule has 0 amide bonds. The summed E-state index contributed by atoms with van der Waals surface area (Å²) >= 11 is 0. The van der Waals surface area contributed by atoms with Gasteiger partial charge in [-0.3, -0.25) is 0 Å². The van der Waals surface area contributed by atoms with Gasteiger partial charge >= 0.3 is 0 Å². The van der Waals surface area contributed by atoms with E-state index in [0.717, 1.165) is 22.4 Å². The third-order valence-electron chi connectivity index (χ3n) is 4.12. The largest absolute Gasteiger partial charge is 0.327 e. The summed E-state index contributed by atoms with van der Waals surface area (Å²) in [4.78, 5) is 4.89. The van der Waals surface area contributed by atoms with E-state index in [1.54, 1.807) is 0 Å². The first-order valence-corrected chi connectivity index (χ1v) is 7.25. The van der Waals surface area contributed by atoms with E-state index in [-0.39, 0.29) is 0 Å². The number of hydrogen-bond acceptors (Lipinski definition) is 2. The van der Waals surface area contributed by atoms with Crippen molar-refractivity contribution < 1.29 is 0 Å². The van der Waals surface area contributed by atoms with Gasteiger partial charge in [0.2, 0.25) is 0 Å². The Morgan fingerprint density at radius 3 is 2.38 bits per heavy atom. The quantitative estimate of drug-likeness (QED) is 0.778. The second-order valence-corrected chi connectivity index (χ2v) is 5.76. The fraction of sp³-hybridized carbons (Fsp3) is 0.278. The molecule has 0 radical (unpaired) electrons. The van der Waals surface area contributed by atoms with Crippen LogP contribution in [-0.2, 0) is 13.6 Å². The normalized spacial score (nSPS) is 11.3. The van der Waals surface area contributed by atoms with Crippen LogP contribution in [0.4, 0.5) is 0 Å². The van der Waals surface area contributed by atoms with Crippen molar-refractivity contribution in [3.63, 3.8) is 0 Å². The van der Waals surface area contributed by atoms with Crippen LogP contribution < -0.4 is 5.73 Å². The fourth-order valence-corrected chi connectivity index (χ4v) is 3.19. The third kappa shape index (κ3) is 2.14. The van der Waals surface area contributed by atoms with Crippen molar-refractivity contribution in [1.29, 1.82) is 0 Å². The van der Waals surface area contributed by atoms with E-state index in [1.807, 2.05) is 12.1 Å². The molecule has 3 heteroatoms. The van der Waals surface area contributed by atoms with Crippen LogP contribution in [0.15, 0.2) is 30.3 Å². The standard InChI is InChI=1S/C18H21N3/c1-11-8-12(2)16(13(3)9-11)18-20-17-14(10-19)6-5-7-15(17)21(18)4/h5-9H,10,19H2,1-4H3. The Bertz CT molecular complexity index is 805. The van der Waals surface area contributed by atoms with Gasteiger partial charge in [0.15, 0.2) is 0 Å². The molecule has 0 fully saturated rings. The molecular formula is C18H21N3. The number of nitrogens with two attached hydrogens (primary N) is 1. The van der Waals surface area contributed by atoms with E-state index in [0.29, 0.717) is 6.54 Å². The smallest absolute Gasteiger partial charge is 0.141 e. The molecule has 3 rings (SSSR count). The maximum absolute atomic E-state index is 5.84. The third-order valence-corrected chi connectivity index (χ3v) is 4.12. The van der Waals surface area contributed by atoms with Crippen LogP contribution in [0.1, 0.15) is 22.3 Å². The monoisotopic (exact) mass is 279 g/mol. The lowest BCUT2D eigenvalue weighted by molar-refractivity contribution is 0.955. The van der Waals surface area contributed by atoms with Crippen LogP contribution in [0.5, 0.6) is 0 Å². The zero-order chi connectivity index (χ0) is 15.1. The van der Waals surface area contributed by atoms with Gasteiger partial charge < -0.3 is 10.3 Å². The molecule has 2 aromatic carbocycles. The molecule has 0 aliphatic heterocycles. The topological polar surface area (TPSA) is 43.8 Å². The molecule has 1 aromatic heterocycles. The first-order chi connectivity index (χ1) is 10.0. The van der Waals surface area contributed by atoms with Gasteiger partial charge in [0.05, 0.1) is 11.0 Å². The number of rotatable bonds is 2. The Balaban J connectivity index is 2.34. The highest BCUT2D eigenvalue weighted by Crippen LogP contribution is 2.31. The van der Waals surface area contributed by atoms with Gasteiger partial charge in [-0.2, -0.15) is 0 Å². The number of benzene rings is 2. The lowest BCUT2D eigenvalue weighted by atomic mass is 9.99. The lowest BCUT2D eigenvalue weighted by Gasteiger charge is -2.11. The number of para-hydroxylation sites is 1. The van der Waals surface area contributed by atoms with Gasteiger partial charge in [0, 0.05) is 19.2 Å². The molecular weight excluding hydrogens is 258 g/mol. The molecule has 2 N–H and O–H groups in total. The maximum Gasteiger partial charge on any atom is 0.141 e. The molecule has 0 saturated carbocycles. The van der Waals surface area contributed by atoms with E-state index in [2.05, 4.69) is 50.6 Å². The number of nitrogens with zero attached hydrogens (tertiary/aromatic N) is 2. The van der Waals surface area contributed by atoms with Crippen molar-refractivity contribution in [2.24, 2.45) is 12.8 Å². The van der Waals surface area contributed by atoms with Crippen molar-refractivity contribution in [2.45, 2.75) is 27.3 Å². The van der Waals surface area contributed by atoms with E-state index in [4.69, 9.17) is 10.7 Å². The van der Waals surface area contributed by atoms with E-state index in [1.165, 1.54) is 22.3 Å².